The Labute approximate surface area is 205 Å². The molecular weight excluding hydrogens is 452 g/mol. The second-order valence-corrected chi connectivity index (χ2v) is 9.31. The maximum absolute atomic E-state index is 6.36. The Morgan fingerprint density at radius 2 is 1.67 bits per heavy atom. The maximum Gasteiger partial charge on any atom is 0.199 e. The summed E-state index contributed by atoms with van der Waals surface area (Å²) in [4.78, 5) is 2.21. The first-order valence-corrected chi connectivity index (χ1v) is 11.7. The highest BCUT2D eigenvalue weighted by Crippen LogP contribution is 2.23. The van der Waals surface area contributed by atoms with E-state index in [9.17, 15) is 0 Å². The molecule has 0 unspecified atom stereocenters. The normalized spacial score (nSPS) is 11.5. The zero-order valence-electron chi connectivity index (χ0n) is 19.7. The van der Waals surface area contributed by atoms with E-state index in [-0.39, 0.29) is 0 Å². The van der Waals surface area contributed by atoms with Gasteiger partial charge < -0.3 is 4.57 Å². The first-order valence-electron chi connectivity index (χ1n) is 10.9. The predicted octanol–water partition coefficient (Wildman–Crippen LogP) is 5.53. The van der Waals surface area contributed by atoms with Crippen LogP contribution >= 0.6 is 23.8 Å². The molecule has 0 saturated carbocycles. The molecule has 0 spiro atoms. The summed E-state index contributed by atoms with van der Waals surface area (Å²) < 4.78 is 6.59. The number of hydrogen-bond acceptors (Lipinski definition) is 4. The molecule has 0 bridgehead atoms. The lowest BCUT2D eigenvalue weighted by molar-refractivity contribution is 0.243. The van der Waals surface area contributed by atoms with Crippen LogP contribution in [0.15, 0.2) is 48.5 Å². The van der Waals surface area contributed by atoms with Crippen LogP contribution in [-0.2, 0) is 26.8 Å². The van der Waals surface area contributed by atoms with Gasteiger partial charge in [0.05, 0.1) is 18.9 Å². The minimum absolute atomic E-state index is 0.590. The van der Waals surface area contributed by atoms with Crippen molar-refractivity contribution in [2.45, 2.75) is 40.5 Å². The maximum atomic E-state index is 6.36. The Morgan fingerprint density at radius 3 is 2.39 bits per heavy atom. The van der Waals surface area contributed by atoms with Crippen molar-refractivity contribution >= 4 is 23.8 Å². The van der Waals surface area contributed by atoms with E-state index in [0.717, 1.165) is 39.9 Å². The molecule has 8 heteroatoms. The van der Waals surface area contributed by atoms with Crippen molar-refractivity contribution in [1.82, 2.24) is 29.0 Å². The van der Waals surface area contributed by atoms with Crippen LogP contribution in [0.5, 0.6) is 0 Å². The summed E-state index contributed by atoms with van der Waals surface area (Å²) in [6.07, 6.45) is 0. The minimum Gasteiger partial charge on any atom is -0.303 e. The van der Waals surface area contributed by atoms with Crippen LogP contribution in [0, 0.1) is 25.5 Å². The number of benzene rings is 2. The lowest BCUT2D eigenvalue weighted by Crippen LogP contribution is -2.23. The quantitative estimate of drug-likeness (QED) is 0.326. The molecule has 0 aliphatic rings. The van der Waals surface area contributed by atoms with Gasteiger partial charge in [0.1, 0.15) is 0 Å². The molecule has 2 heterocycles. The van der Waals surface area contributed by atoms with E-state index < -0.39 is 0 Å². The summed E-state index contributed by atoms with van der Waals surface area (Å²) in [6.45, 7) is 8.26. The highest BCUT2D eigenvalue weighted by atomic mass is 35.5. The first-order chi connectivity index (χ1) is 15.8. The second-order valence-electron chi connectivity index (χ2n) is 8.53. The standard InChI is InChI=1S/C25H29ClN6S/c1-17-10-6-8-12-21(17)24-28-32(25(33)30(24)5)16-29(4)15-22-18(2)27-31(19(22)3)14-20-11-7-9-13-23(20)26/h6-13H,14-16H2,1-5H3. The molecule has 6 nitrogen and oxygen atoms in total. The molecule has 0 radical (unpaired) electrons. The van der Waals surface area contributed by atoms with Gasteiger partial charge in [0.15, 0.2) is 10.6 Å². The molecule has 33 heavy (non-hydrogen) atoms. The third-order valence-corrected chi connectivity index (χ3v) is 6.89. The van der Waals surface area contributed by atoms with Crippen LogP contribution in [0.25, 0.3) is 11.4 Å². The van der Waals surface area contributed by atoms with Crippen molar-refractivity contribution in [2.24, 2.45) is 7.05 Å². The zero-order chi connectivity index (χ0) is 23.7. The molecular formula is C25H29ClN6S. The van der Waals surface area contributed by atoms with Crippen LogP contribution in [0.2, 0.25) is 5.02 Å². The third-order valence-electron chi connectivity index (χ3n) is 6.04. The monoisotopic (exact) mass is 480 g/mol. The topological polar surface area (TPSA) is 43.8 Å². The van der Waals surface area contributed by atoms with Gasteiger partial charge in [-0.2, -0.15) is 10.2 Å². The van der Waals surface area contributed by atoms with Gasteiger partial charge in [-0.15, -0.1) is 0 Å². The zero-order valence-corrected chi connectivity index (χ0v) is 21.3. The van der Waals surface area contributed by atoms with Crippen molar-refractivity contribution in [1.29, 1.82) is 0 Å². The van der Waals surface area contributed by atoms with E-state index in [0.29, 0.717) is 18.0 Å². The molecule has 0 aliphatic heterocycles. The van der Waals surface area contributed by atoms with Gasteiger partial charge in [-0.3, -0.25) is 9.58 Å². The van der Waals surface area contributed by atoms with E-state index in [1.54, 1.807) is 0 Å². The highest BCUT2D eigenvalue weighted by molar-refractivity contribution is 7.71. The number of hydrogen-bond donors (Lipinski definition) is 0. The third kappa shape index (κ3) is 4.81. The van der Waals surface area contributed by atoms with Gasteiger partial charge in [-0.25, -0.2) is 4.68 Å². The molecule has 172 valence electrons. The molecule has 0 atom stereocenters. The van der Waals surface area contributed by atoms with Crippen LogP contribution < -0.4 is 0 Å². The molecule has 0 N–H and O–H groups in total. The van der Waals surface area contributed by atoms with Gasteiger partial charge in [-0.05, 0) is 57.2 Å². The fourth-order valence-corrected chi connectivity index (χ4v) is 4.47. The summed E-state index contributed by atoms with van der Waals surface area (Å²) >= 11 is 12.0. The van der Waals surface area contributed by atoms with E-state index in [4.69, 9.17) is 34.0 Å². The minimum atomic E-state index is 0.590. The molecule has 4 rings (SSSR count). The van der Waals surface area contributed by atoms with Gasteiger partial charge in [0.25, 0.3) is 0 Å². The van der Waals surface area contributed by atoms with Crippen molar-refractivity contribution in [3.63, 3.8) is 0 Å². The Bertz CT molecular complexity index is 1350. The van der Waals surface area contributed by atoms with Crippen molar-refractivity contribution in [3.8, 4) is 11.4 Å². The second kappa shape index (κ2) is 9.63. The summed E-state index contributed by atoms with van der Waals surface area (Å²) in [7, 11) is 4.05. The lowest BCUT2D eigenvalue weighted by Gasteiger charge is -2.17. The van der Waals surface area contributed by atoms with Gasteiger partial charge in [0.2, 0.25) is 0 Å². The highest BCUT2D eigenvalue weighted by Gasteiger charge is 2.17. The van der Waals surface area contributed by atoms with E-state index in [1.165, 1.54) is 11.1 Å². The average Bonchev–Trinajstić information content (AvgIpc) is 3.20. The van der Waals surface area contributed by atoms with Gasteiger partial charge in [-0.1, -0.05) is 54.1 Å². The van der Waals surface area contributed by atoms with Crippen LogP contribution in [-0.4, -0.2) is 36.1 Å². The van der Waals surface area contributed by atoms with Gasteiger partial charge >= 0.3 is 0 Å². The van der Waals surface area contributed by atoms with Crippen molar-refractivity contribution < 1.29 is 0 Å². The fourth-order valence-electron chi connectivity index (χ4n) is 4.09. The average molecular weight is 481 g/mol. The first kappa shape index (κ1) is 23.4. The van der Waals surface area contributed by atoms with Crippen LogP contribution in [0.3, 0.4) is 0 Å². The van der Waals surface area contributed by atoms with Crippen LogP contribution in [0.4, 0.5) is 0 Å². The molecule has 4 aromatic rings. The molecule has 0 aliphatic carbocycles. The summed E-state index contributed by atoms with van der Waals surface area (Å²) in [5.41, 5.74) is 6.72. The smallest absolute Gasteiger partial charge is 0.199 e. The molecule has 2 aromatic carbocycles. The SMILES string of the molecule is Cc1ccccc1-c1nn(CN(C)Cc2c(C)nn(Cc3ccccc3Cl)c2C)c(=S)n1C. The van der Waals surface area contributed by atoms with Crippen molar-refractivity contribution in [2.75, 3.05) is 7.05 Å². The number of rotatable bonds is 7. The largest absolute Gasteiger partial charge is 0.303 e. The molecule has 0 fully saturated rings. The Morgan fingerprint density at radius 1 is 0.970 bits per heavy atom. The summed E-state index contributed by atoms with van der Waals surface area (Å²) in [5, 5.41) is 10.4. The summed E-state index contributed by atoms with van der Waals surface area (Å²) in [5.74, 6) is 0.881. The Kier molecular flexibility index (Phi) is 6.83. The predicted molar refractivity (Wildman–Crippen MR) is 136 cm³/mol. The Hall–Kier alpha value is -2.74. The number of nitrogens with zero attached hydrogens (tertiary/aromatic N) is 6. The number of halogens is 1. The molecule has 0 amide bonds. The molecule has 2 aromatic heterocycles. The lowest BCUT2D eigenvalue weighted by atomic mass is 10.1. The number of aryl methyl sites for hydroxylation is 2. The Balaban J connectivity index is 1.53. The van der Waals surface area contributed by atoms with Crippen LogP contribution in [0.1, 0.15) is 28.1 Å². The van der Waals surface area contributed by atoms with E-state index in [1.807, 2.05) is 57.4 Å². The molecule has 0 saturated heterocycles. The van der Waals surface area contributed by atoms with Crippen molar-refractivity contribution in [3.05, 3.63) is 86.4 Å². The van der Waals surface area contributed by atoms with E-state index >= 15 is 0 Å². The summed E-state index contributed by atoms with van der Waals surface area (Å²) in [6, 6.07) is 16.1. The fraction of sp³-hybridized carbons (Fsp3) is 0.320. The van der Waals surface area contributed by atoms with E-state index in [2.05, 4.69) is 44.9 Å². The number of aromatic nitrogens is 5. The van der Waals surface area contributed by atoms with Gasteiger partial charge in [0, 0.05) is 35.4 Å².